The highest BCUT2D eigenvalue weighted by molar-refractivity contribution is 8.00. The van der Waals surface area contributed by atoms with E-state index in [1.165, 1.54) is 0 Å². The Morgan fingerprint density at radius 2 is 2.18 bits per heavy atom. The van der Waals surface area contributed by atoms with Gasteiger partial charge in [0.1, 0.15) is 5.75 Å². The number of thioether (sulfide) groups is 1. The Balaban J connectivity index is 2.39. The molecule has 3 heteroatoms. The van der Waals surface area contributed by atoms with E-state index in [2.05, 4.69) is 6.07 Å². The van der Waals surface area contributed by atoms with Crippen molar-refractivity contribution < 1.29 is 9.53 Å². The Morgan fingerprint density at radius 3 is 2.76 bits per heavy atom. The van der Waals surface area contributed by atoms with E-state index in [-0.39, 0.29) is 11.0 Å². The molecule has 2 rings (SSSR count). The number of ketones is 1. The lowest BCUT2D eigenvalue weighted by Crippen LogP contribution is -2.16. The van der Waals surface area contributed by atoms with Crippen molar-refractivity contribution in [2.24, 2.45) is 0 Å². The fourth-order valence-corrected chi connectivity index (χ4v) is 3.57. The quantitative estimate of drug-likeness (QED) is 0.769. The molecule has 0 bridgehead atoms. The lowest BCUT2D eigenvalue weighted by atomic mass is 9.97. The molecule has 17 heavy (non-hydrogen) atoms. The van der Waals surface area contributed by atoms with Gasteiger partial charge in [-0.3, -0.25) is 4.79 Å². The number of ether oxygens (including phenoxy) is 1. The van der Waals surface area contributed by atoms with Gasteiger partial charge in [-0.1, -0.05) is 6.07 Å². The van der Waals surface area contributed by atoms with Crippen molar-refractivity contribution in [3.05, 3.63) is 28.8 Å². The van der Waals surface area contributed by atoms with Crippen LogP contribution >= 0.6 is 11.8 Å². The van der Waals surface area contributed by atoms with Crippen LogP contribution < -0.4 is 4.74 Å². The van der Waals surface area contributed by atoms with E-state index in [1.54, 1.807) is 18.9 Å². The van der Waals surface area contributed by atoms with E-state index >= 15 is 0 Å². The molecule has 1 aromatic carbocycles. The summed E-state index contributed by atoms with van der Waals surface area (Å²) in [6, 6.07) is 4.00. The van der Waals surface area contributed by atoms with Crippen molar-refractivity contribution in [1.82, 2.24) is 0 Å². The van der Waals surface area contributed by atoms with Crippen molar-refractivity contribution in [1.29, 1.82) is 0 Å². The molecular weight excluding hydrogens is 232 g/mol. The number of carbonyl (C=O) groups is 1. The standard InChI is InChI=1S/C14H18O2S/c1-9-7-10(2)13(11(8-9)16-3)14(15)12-5-4-6-17-12/h7-8,12H,4-6H2,1-3H3. The van der Waals surface area contributed by atoms with E-state index in [1.807, 2.05) is 19.9 Å². The minimum absolute atomic E-state index is 0.130. The summed E-state index contributed by atoms with van der Waals surface area (Å²) in [4.78, 5) is 12.5. The Hall–Kier alpha value is -0.960. The summed E-state index contributed by atoms with van der Waals surface area (Å²) < 4.78 is 5.36. The third-order valence-corrected chi connectivity index (χ3v) is 4.51. The topological polar surface area (TPSA) is 26.3 Å². The summed E-state index contributed by atoms with van der Waals surface area (Å²) in [7, 11) is 1.63. The monoisotopic (exact) mass is 250 g/mol. The van der Waals surface area contributed by atoms with Crippen LogP contribution in [-0.2, 0) is 0 Å². The predicted octanol–water partition coefficient (Wildman–Crippen LogP) is 3.39. The van der Waals surface area contributed by atoms with Crippen LogP contribution in [0, 0.1) is 13.8 Å². The zero-order chi connectivity index (χ0) is 12.4. The predicted molar refractivity (Wildman–Crippen MR) is 72.3 cm³/mol. The molecule has 92 valence electrons. The van der Waals surface area contributed by atoms with Crippen molar-refractivity contribution in [2.45, 2.75) is 31.9 Å². The summed E-state index contributed by atoms with van der Waals surface area (Å²) in [6.45, 7) is 4.01. The molecule has 0 amide bonds. The van der Waals surface area contributed by atoms with Gasteiger partial charge in [0.15, 0.2) is 5.78 Å². The molecule has 1 unspecified atom stereocenters. The molecule has 1 saturated heterocycles. The Morgan fingerprint density at radius 1 is 1.41 bits per heavy atom. The summed E-state index contributed by atoms with van der Waals surface area (Å²) in [6.07, 6.45) is 2.15. The van der Waals surface area contributed by atoms with Crippen LogP contribution in [0.4, 0.5) is 0 Å². The van der Waals surface area contributed by atoms with Crippen molar-refractivity contribution >= 4 is 17.5 Å². The molecular formula is C14H18O2S. The minimum atomic E-state index is 0.130. The van der Waals surface area contributed by atoms with Crippen LogP contribution in [-0.4, -0.2) is 23.9 Å². The van der Waals surface area contributed by atoms with E-state index in [4.69, 9.17) is 4.74 Å². The number of hydrogen-bond donors (Lipinski definition) is 0. The van der Waals surface area contributed by atoms with E-state index in [9.17, 15) is 4.79 Å². The zero-order valence-electron chi connectivity index (χ0n) is 10.6. The number of carbonyl (C=O) groups excluding carboxylic acids is 1. The first-order chi connectivity index (χ1) is 8.13. The normalized spacial score (nSPS) is 19.4. The highest BCUT2D eigenvalue weighted by atomic mass is 32.2. The van der Waals surface area contributed by atoms with Gasteiger partial charge in [0.25, 0.3) is 0 Å². The first-order valence-electron chi connectivity index (χ1n) is 5.94. The highest BCUT2D eigenvalue weighted by Gasteiger charge is 2.27. The number of aryl methyl sites for hydroxylation is 2. The van der Waals surface area contributed by atoms with Gasteiger partial charge in [-0.15, -0.1) is 0 Å². The SMILES string of the molecule is COc1cc(C)cc(C)c1C(=O)C1CCCS1. The van der Waals surface area contributed by atoms with Gasteiger partial charge in [0, 0.05) is 0 Å². The Labute approximate surface area is 107 Å². The molecule has 0 N–H and O–H groups in total. The molecule has 0 spiro atoms. The molecule has 2 nitrogen and oxygen atoms in total. The van der Waals surface area contributed by atoms with Crippen LogP contribution in [0.1, 0.15) is 34.3 Å². The first kappa shape index (κ1) is 12.5. The zero-order valence-corrected chi connectivity index (χ0v) is 11.4. The van der Waals surface area contributed by atoms with Crippen molar-refractivity contribution in [2.75, 3.05) is 12.9 Å². The molecule has 1 atom stereocenters. The third-order valence-electron chi connectivity index (χ3n) is 3.13. The summed E-state index contributed by atoms with van der Waals surface area (Å²) >= 11 is 1.77. The molecule has 1 aliphatic heterocycles. The second kappa shape index (κ2) is 5.13. The fourth-order valence-electron chi connectivity index (χ4n) is 2.35. The van der Waals surface area contributed by atoms with Crippen LogP contribution in [0.5, 0.6) is 5.75 Å². The van der Waals surface area contributed by atoms with Gasteiger partial charge in [-0.25, -0.2) is 0 Å². The van der Waals surface area contributed by atoms with Crippen LogP contribution in [0.2, 0.25) is 0 Å². The maximum Gasteiger partial charge on any atom is 0.179 e. The number of hydrogen-bond acceptors (Lipinski definition) is 3. The molecule has 0 saturated carbocycles. The molecule has 0 aliphatic carbocycles. The number of methoxy groups -OCH3 is 1. The molecule has 1 fully saturated rings. The maximum atomic E-state index is 12.5. The van der Waals surface area contributed by atoms with E-state index < -0.39 is 0 Å². The minimum Gasteiger partial charge on any atom is -0.496 e. The molecule has 0 radical (unpaired) electrons. The van der Waals surface area contributed by atoms with Crippen LogP contribution in [0.15, 0.2) is 12.1 Å². The molecule has 0 aromatic heterocycles. The van der Waals surface area contributed by atoms with Gasteiger partial charge >= 0.3 is 0 Å². The van der Waals surface area contributed by atoms with E-state index in [0.29, 0.717) is 0 Å². The Kier molecular flexibility index (Phi) is 3.77. The summed E-state index contributed by atoms with van der Waals surface area (Å²) in [5.74, 6) is 2.06. The average Bonchev–Trinajstić information content (AvgIpc) is 2.80. The third kappa shape index (κ3) is 2.49. The maximum absolute atomic E-state index is 12.5. The van der Waals surface area contributed by atoms with Gasteiger partial charge in [-0.05, 0) is 49.6 Å². The lowest BCUT2D eigenvalue weighted by molar-refractivity contribution is 0.0985. The first-order valence-corrected chi connectivity index (χ1v) is 6.99. The van der Waals surface area contributed by atoms with Gasteiger partial charge in [-0.2, -0.15) is 11.8 Å². The number of rotatable bonds is 3. The van der Waals surface area contributed by atoms with Gasteiger partial charge < -0.3 is 4.74 Å². The molecule has 1 aliphatic rings. The summed E-state index contributed by atoms with van der Waals surface area (Å²) in [5, 5.41) is 0.130. The Bertz CT molecular complexity index is 434. The number of Topliss-reactive ketones (excluding diaryl/α,β-unsaturated/α-hetero) is 1. The fraction of sp³-hybridized carbons (Fsp3) is 0.500. The van der Waals surface area contributed by atoms with Crippen molar-refractivity contribution in [3.63, 3.8) is 0 Å². The smallest absolute Gasteiger partial charge is 0.179 e. The summed E-state index contributed by atoms with van der Waals surface area (Å²) in [5.41, 5.74) is 2.94. The van der Waals surface area contributed by atoms with E-state index in [0.717, 1.165) is 41.0 Å². The largest absolute Gasteiger partial charge is 0.496 e. The van der Waals surface area contributed by atoms with Crippen molar-refractivity contribution in [3.8, 4) is 5.75 Å². The second-order valence-corrected chi connectivity index (χ2v) is 5.84. The average molecular weight is 250 g/mol. The van der Waals surface area contributed by atoms with Gasteiger partial charge in [0.05, 0.1) is 17.9 Å². The second-order valence-electron chi connectivity index (χ2n) is 4.52. The highest BCUT2D eigenvalue weighted by Crippen LogP contribution is 2.33. The van der Waals surface area contributed by atoms with Crippen LogP contribution in [0.3, 0.4) is 0 Å². The molecule has 1 heterocycles. The van der Waals surface area contributed by atoms with Crippen LogP contribution in [0.25, 0.3) is 0 Å². The molecule has 1 aromatic rings. The van der Waals surface area contributed by atoms with Gasteiger partial charge in [0.2, 0.25) is 0 Å². The lowest BCUT2D eigenvalue weighted by Gasteiger charge is -2.15. The number of benzene rings is 1.